The molecule has 84 valence electrons. The van der Waals surface area contributed by atoms with E-state index in [-0.39, 0.29) is 5.11 Å². The van der Waals surface area contributed by atoms with E-state index in [4.69, 9.17) is 5.73 Å². The third kappa shape index (κ3) is 4.70. The van der Waals surface area contributed by atoms with E-state index in [1.54, 1.807) is 0 Å². The molecule has 0 aliphatic carbocycles. The molecule has 0 saturated carbocycles. The van der Waals surface area contributed by atoms with Gasteiger partial charge in [0, 0.05) is 0 Å². The molecule has 3 N–H and O–H groups in total. The van der Waals surface area contributed by atoms with Gasteiger partial charge in [-0.15, -0.1) is 0 Å². The number of nitrogens with zero attached hydrogens (tertiary/aromatic N) is 1. The van der Waals surface area contributed by atoms with Gasteiger partial charge >= 0.3 is 0 Å². The molecule has 0 aromatic heterocycles. The highest BCUT2D eigenvalue weighted by molar-refractivity contribution is 7.80. The quantitative estimate of drug-likeness (QED) is 0.478. The van der Waals surface area contributed by atoms with Crippen LogP contribution in [0.25, 0.3) is 6.08 Å². The van der Waals surface area contributed by atoms with Crippen LogP contribution in [-0.4, -0.2) is 10.8 Å². The lowest BCUT2D eigenvalue weighted by atomic mass is 10.1. The van der Waals surface area contributed by atoms with Crippen molar-refractivity contribution in [2.45, 2.75) is 13.8 Å². The Bertz CT molecular complexity index is 418. The molecule has 1 aromatic rings. The number of nitrogens with one attached hydrogen (secondary N) is 1. The molecule has 16 heavy (non-hydrogen) atoms. The second kappa shape index (κ2) is 6.02. The van der Waals surface area contributed by atoms with Crippen LogP contribution in [0.5, 0.6) is 0 Å². The average Bonchev–Trinajstić information content (AvgIpc) is 2.25. The smallest absolute Gasteiger partial charge is 0.184 e. The van der Waals surface area contributed by atoms with Gasteiger partial charge in [-0.05, 0) is 37.7 Å². The lowest BCUT2D eigenvalue weighted by Crippen LogP contribution is -2.24. The fourth-order valence-corrected chi connectivity index (χ4v) is 1.12. The number of nitrogens with two attached hydrogens (primary N) is 1. The first-order valence-electron chi connectivity index (χ1n) is 4.92. The second-order valence-electron chi connectivity index (χ2n) is 3.47. The van der Waals surface area contributed by atoms with Crippen molar-refractivity contribution in [3.8, 4) is 0 Å². The van der Waals surface area contributed by atoms with Crippen molar-refractivity contribution in [1.82, 2.24) is 5.43 Å². The van der Waals surface area contributed by atoms with Crippen molar-refractivity contribution < 1.29 is 0 Å². The van der Waals surface area contributed by atoms with Crippen LogP contribution in [0.3, 0.4) is 0 Å². The van der Waals surface area contributed by atoms with Crippen LogP contribution in [0.15, 0.2) is 35.4 Å². The average molecular weight is 233 g/mol. The van der Waals surface area contributed by atoms with Gasteiger partial charge in [-0.25, -0.2) is 0 Å². The maximum Gasteiger partial charge on any atom is 0.184 e. The van der Waals surface area contributed by atoms with Crippen LogP contribution in [0.1, 0.15) is 18.1 Å². The summed E-state index contributed by atoms with van der Waals surface area (Å²) in [6.07, 6.45) is 3.88. The standard InChI is InChI=1S/C12H15N3S/c1-9-3-6-11(7-4-9)8-5-10(2)14-15-12(13)16/h3-8H,1-2H3,(H3,13,15,16)/b8-5?,14-10+. The minimum Gasteiger partial charge on any atom is -0.375 e. The maximum absolute atomic E-state index is 5.25. The Morgan fingerprint density at radius 2 is 2.00 bits per heavy atom. The zero-order valence-corrected chi connectivity index (χ0v) is 10.2. The van der Waals surface area contributed by atoms with Gasteiger partial charge < -0.3 is 5.73 Å². The fourth-order valence-electron chi connectivity index (χ4n) is 1.07. The highest BCUT2D eigenvalue weighted by Crippen LogP contribution is 2.04. The van der Waals surface area contributed by atoms with Crippen LogP contribution in [0, 0.1) is 6.92 Å². The molecule has 0 amide bonds. The topological polar surface area (TPSA) is 50.4 Å². The Hall–Kier alpha value is -1.68. The first-order valence-corrected chi connectivity index (χ1v) is 5.33. The molecule has 0 unspecified atom stereocenters. The predicted molar refractivity (Wildman–Crippen MR) is 73.2 cm³/mol. The molecule has 0 heterocycles. The molecule has 0 fully saturated rings. The van der Waals surface area contributed by atoms with Crippen molar-refractivity contribution in [3.05, 3.63) is 41.5 Å². The summed E-state index contributed by atoms with van der Waals surface area (Å²) in [6.45, 7) is 3.93. The normalized spacial score (nSPS) is 11.8. The summed E-state index contributed by atoms with van der Waals surface area (Å²) in [5.41, 5.74) is 11.0. The lowest BCUT2D eigenvalue weighted by Gasteiger charge is -1.97. The number of hydrogen-bond acceptors (Lipinski definition) is 2. The van der Waals surface area contributed by atoms with Crippen LogP contribution in [-0.2, 0) is 0 Å². The van der Waals surface area contributed by atoms with Gasteiger partial charge in [-0.1, -0.05) is 35.9 Å². The number of hydrazone groups is 1. The van der Waals surface area contributed by atoms with Crippen LogP contribution in [0.2, 0.25) is 0 Å². The Morgan fingerprint density at radius 1 is 1.38 bits per heavy atom. The van der Waals surface area contributed by atoms with Gasteiger partial charge in [-0.3, -0.25) is 5.43 Å². The Kier molecular flexibility index (Phi) is 4.66. The van der Waals surface area contributed by atoms with E-state index in [1.165, 1.54) is 5.56 Å². The van der Waals surface area contributed by atoms with E-state index in [1.807, 2.05) is 19.1 Å². The van der Waals surface area contributed by atoms with Gasteiger partial charge in [0.05, 0.1) is 5.71 Å². The molecule has 0 spiro atoms. The number of thiocarbonyl (C=S) groups is 1. The summed E-state index contributed by atoms with van der Waals surface area (Å²) in [4.78, 5) is 0. The summed E-state index contributed by atoms with van der Waals surface area (Å²) in [5, 5.41) is 4.14. The minimum absolute atomic E-state index is 0.170. The number of aryl methyl sites for hydroxylation is 1. The molecule has 0 bridgehead atoms. The van der Waals surface area contributed by atoms with Crippen molar-refractivity contribution in [3.63, 3.8) is 0 Å². The third-order valence-electron chi connectivity index (χ3n) is 1.94. The molecular weight excluding hydrogens is 218 g/mol. The monoisotopic (exact) mass is 233 g/mol. The molecule has 0 atom stereocenters. The molecule has 1 rings (SSSR count). The number of allylic oxidation sites excluding steroid dienone is 1. The molecule has 0 aliphatic heterocycles. The largest absolute Gasteiger partial charge is 0.375 e. The van der Waals surface area contributed by atoms with Crippen LogP contribution in [0.4, 0.5) is 0 Å². The molecule has 1 aromatic carbocycles. The van der Waals surface area contributed by atoms with Gasteiger partial charge in [0.15, 0.2) is 5.11 Å². The highest BCUT2D eigenvalue weighted by atomic mass is 32.1. The first kappa shape index (κ1) is 12.4. The van der Waals surface area contributed by atoms with Gasteiger partial charge in [-0.2, -0.15) is 5.10 Å². The van der Waals surface area contributed by atoms with Crippen molar-refractivity contribution in [1.29, 1.82) is 0 Å². The SMILES string of the molecule is C/C(C=Cc1ccc(C)cc1)=N\NC(N)=S. The molecule has 0 saturated heterocycles. The molecule has 0 aliphatic rings. The van der Waals surface area contributed by atoms with E-state index in [2.05, 4.69) is 53.9 Å². The van der Waals surface area contributed by atoms with Crippen LogP contribution < -0.4 is 11.2 Å². The van der Waals surface area contributed by atoms with E-state index in [0.29, 0.717) is 0 Å². The summed E-state index contributed by atoms with van der Waals surface area (Å²) in [7, 11) is 0. The molecule has 3 nitrogen and oxygen atoms in total. The van der Waals surface area contributed by atoms with E-state index < -0.39 is 0 Å². The number of hydrogen-bond donors (Lipinski definition) is 2. The highest BCUT2D eigenvalue weighted by Gasteiger charge is 1.88. The zero-order chi connectivity index (χ0) is 12.0. The minimum atomic E-state index is 0.170. The van der Waals surface area contributed by atoms with Gasteiger partial charge in [0.1, 0.15) is 0 Å². The first-order chi connectivity index (χ1) is 7.58. The summed E-state index contributed by atoms with van der Waals surface area (Å²) >= 11 is 4.64. The third-order valence-corrected chi connectivity index (χ3v) is 2.03. The van der Waals surface area contributed by atoms with Crippen molar-refractivity contribution in [2.24, 2.45) is 10.8 Å². The maximum atomic E-state index is 5.25. The fraction of sp³-hybridized carbons (Fsp3) is 0.167. The second-order valence-corrected chi connectivity index (χ2v) is 3.91. The van der Waals surface area contributed by atoms with E-state index in [0.717, 1.165) is 11.3 Å². The lowest BCUT2D eigenvalue weighted by molar-refractivity contribution is 1.03. The van der Waals surface area contributed by atoms with Gasteiger partial charge in [0.25, 0.3) is 0 Å². The van der Waals surface area contributed by atoms with Crippen LogP contribution >= 0.6 is 12.2 Å². The number of rotatable bonds is 3. The van der Waals surface area contributed by atoms with Crippen molar-refractivity contribution >= 4 is 29.1 Å². The van der Waals surface area contributed by atoms with E-state index in [9.17, 15) is 0 Å². The Balaban J connectivity index is 2.62. The summed E-state index contributed by atoms with van der Waals surface area (Å²) in [5.74, 6) is 0. The Morgan fingerprint density at radius 3 is 2.56 bits per heavy atom. The van der Waals surface area contributed by atoms with E-state index >= 15 is 0 Å². The van der Waals surface area contributed by atoms with Crippen molar-refractivity contribution in [2.75, 3.05) is 0 Å². The predicted octanol–water partition coefficient (Wildman–Crippen LogP) is 2.22. The molecule has 0 radical (unpaired) electrons. The summed E-state index contributed by atoms with van der Waals surface area (Å²) < 4.78 is 0. The molecular formula is C12H15N3S. The number of benzene rings is 1. The summed E-state index contributed by atoms with van der Waals surface area (Å²) in [6, 6.07) is 8.25. The molecule has 4 heteroatoms. The Labute approximate surface area is 101 Å². The zero-order valence-electron chi connectivity index (χ0n) is 9.40. The van der Waals surface area contributed by atoms with Gasteiger partial charge in [0.2, 0.25) is 0 Å².